The van der Waals surface area contributed by atoms with Crippen molar-refractivity contribution in [2.45, 2.75) is 12.8 Å². The summed E-state index contributed by atoms with van der Waals surface area (Å²) in [5.74, 6) is -1.04. The van der Waals surface area contributed by atoms with E-state index in [1.165, 1.54) is 0 Å². The summed E-state index contributed by atoms with van der Waals surface area (Å²) in [7, 11) is 0. The van der Waals surface area contributed by atoms with Gasteiger partial charge in [0, 0.05) is 6.42 Å². The summed E-state index contributed by atoms with van der Waals surface area (Å²) < 4.78 is 4.17. The molecule has 2 N–H and O–H groups in total. The largest absolute Gasteiger partial charge is 0.400 e. The van der Waals surface area contributed by atoms with Gasteiger partial charge in [0.25, 0.3) is 0 Å². The lowest BCUT2D eigenvalue weighted by Gasteiger charge is -1.98. The van der Waals surface area contributed by atoms with Crippen LogP contribution in [0.15, 0.2) is 0 Å². The number of carbonyl (C=O) groups excluding carboxylic acids is 2. The summed E-state index contributed by atoms with van der Waals surface area (Å²) in [5, 5.41) is 9.74. The van der Waals surface area contributed by atoms with E-state index in [9.17, 15) is 19.7 Å². The average Bonchev–Trinajstić information content (AvgIpc) is 2.10. The summed E-state index contributed by atoms with van der Waals surface area (Å²) in [6.45, 7) is -1.00. The number of hydrogen-bond acceptors (Lipinski definition) is 6. The number of hydrogen-bond donors (Lipinski definition) is 1. The first-order valence-electron chi connectivity index (χ1n) is 3.55. The quantitative estimate of drug-likeness (QED) is 0.250. The number of nitrogens with zero attached hydrogens (tertiary/aromatic N) is 1. The van der Waals surface area contributed by atoms with Crippen LogP contribution >= 0.6 is 0 Å². The Morgan fingerprint density at radius 3 is 2.46 bits per heavy atom. The van der Waals surface area contributed by atoms with Crippen molar-refractivity contribution in [3.05, 3.63) is 10.1 Å². The van der Waals surface area contributed by atoms with Crippen molar-refractivity contribution < 1.29 is 19.2 Å². The Labute approximate surface area is 74.0 Å². The third-order valence-electron chi connectivity index (χ3n) is 1.17. The zero-order valence-electron chi connectivity index (χ0n) is 6.89. The van der Waals surface area contributed by atoms with Gasteiger partial charge in [0.15, 0.2) is 0 Å². The average molecular weight is 190 g/mol. The van der Waals surface area contributed by atoms with E-state index in [4.69, 9.17) is 5.73 Å². The summed E-state index contributed by atoms with van der Waals surface area (Å²) in [5.41, 5.74) is 4.97. The van der Waals surface area contributed by atoms with Crippen LogP contribution in [0.3, 0.4) is 0 Å². The Morgan fingerprint density at radius 1 is 1.38 bits per heavy atom. The van der Waals surface area contributed by atoms with Gasteiger partial charge in [0.1, 0.15) is 5.78 Å². The number of nitrogens with two attached hydrogens (primary N) is 1. The topological polar surface area (TPSA) is 113 Å². The van der Waals surface area contributed by atoms with Crippen LogP contribution in [0, 0.1) is 10.1 Å². The van der Waals surface area contributed by atoms with E-state index < -0.39 is 17.6 Å². The molecule has 0 amide bonds. The van der Waals surface area contributed by atoms with Gasteiger partial charge in [-0.3, -0.25) is 19.7 Å². The lowest BCUT2D eigenvalue weighted by atomic mass is 10.2. The Kier molecular flexibility index (Phi) is 5.37. The molecule has 0 aromatic carbocycles. The van der Waals surface area contributed by atoms with Crippen molar-refractivity contribution in [1.82, 2.24) is 0 Å². The Hall–Kier alpha value is -1.50. The van der Waals surface area contributed by atoms with E-state index in [0.717, 1.165) is 0 Å². The highest BCUT2D eigenvalue weighted by atomic mass is 16.7. The zero-order chi connectivity index (χ0) is 10.3. The molecule has 0 aliphatic heterocycles. The van der Waals surface area contributed by atoms with Crippen LogP contribution in [0.25, 0.3) is 0 Å². The lowest BCUT2D eigenvalue weighted by Crippen LogP contribution is -2.17. The molecule has 0 aromatic heterocycles. The van der Waals surface area contributed by atoms with Crippen LogP contribution in [-0.4, -0.2) is 30.0 Å². The fourth-order valence-electron chi connectivity index (χ4n) is 0.540. The van der Waals surface area contributed by atoms with Crippen molar-refractivity contribution in [3.8, 4) is 0 Å². The summed E-state index contributed by atoms with van der Waals surface area (Å²) in [4.78, 5) is 30.2. The molecular weight excluding hydrogens is 180 g/mol. The highest BCUT2D eigenvalue weighted by molar-refractivity contribution is 5.84. The van der Waals surface area contributed by atoms with Crippen molar-refractivity contribution >= 4 is 11.8 Å². The molecule has 0 aliphatic carbocycles. The molecular formula is C6H10N2O5. The molecule has 0 aromatic rings. The molecule has 7 nitrogen and oxygen atoms in total. The fraction of sp³-hybridized carbons (Fsp3) is 0.667. The smallest absolute Gasteiger partial charge is 0.346 e. The van der Waals surface area contributed by atoms with Gasteiger partial charge >= 0.3 is 12.7 Å². The molecule has 0 fully saturated rings. The maximum atomic E-state index is 10.6. The summed E-state index contributed by atoms with van der Waals surface area (Å²) in [6.07, 6.45) is -0.197. The van der Waals surface area contributed by atoms with Crippen molar-refractivity contribution in [1.29, 1.82) is 0 Å². The molecule has 74 valence electrons. The summed E-state index contributed by atoms with van der Waals surface area (Å²) >= 11 is 0. The first-order valence-corrected chi connectivity index (χ1v) is 3.55. The molecule has 0 unspecified atom stereocenters. The highest BCUT2D eigenvalue weighted by Gasteiger charge is 2.08. The lowest BCUT2D eigenvalue weighted by molar-refractivity contribution is -0.519. The predicted octanol–water partition coefficient (Wildman–Crippen LogP) is -0.928. The second kappa shape index (κ2) is 6.06. The Bertz CT molecular complexity index is 215. The molecule has 0 saturated heterocycles. The minimum Gasteiger partial charge on any atom is -0.400 e. The Morgan fingerprint density at radius 2 is 2.00 bits per heavy atom. The van der Waals surface area contributed by atoms with Crippen LogP contribution < -0.4 is 5.73 Å². The monoisotopic (exact) mass is 190 g/mol. The van der Waals surface area contributed by atoms with Crippen LogP contribution in [0.2, 0.25) is 0 Å². The molecule has 0 aliphatic rings. The maximum Gasteiger partial charge on any atom is 0.346 e. The SMILES string of the molecule is NCC(=O)CCC(=O)OC[N+](=O)[O-]. The number of ketones is 1. The first-order chi connectivity index (χ1) is 6.06. The van der Waals surface area contributed by atoms with E-state index in [2.05, 4.69) is 4.74 Å². The van der Waals surface area contributed by atoms with Gasteiger partial charge in [-0.15, -0.1) is 0 Å². The molecule has 0 radical (unpaired) electrons. The van der Waals surface area contributed by atoms with E-state index >= 15 is 0 Å². The van der Waals surface area contributed by atoms with Crippen molar-refractivity contribution in [2.24, 2.45) is 5.73 Å². The number of nitro groups is 1. The van der Waals surface area contributed by atoms with Crippen molar-refractivity contribution in [3.63, 3.8) is 0 Å². The minimum atomic E-state index is -0.865. The van der Waals surface area contributed by atoms with Gasteiger partial charge in [-0.05, 0) is 0 Å². The number of ether oxygens (including phenoxy) is 1. The Balaban J connectivity index is 3.52. The predicted molar refractivity (Wildman–Crippen MR) is 41.2 cm³/mol. The fourth-order valence-corrected chi connectivity index (χ4v) is 0.540. The summed E-state index contributed by atoms with van der Waals surface area (Å²) in [6, 6.07) is 0. The first kappa shape index (κ1) is 11.5. The third kappa shape index (κ3) is 6.88. The number of carbonyl (C=O) groups is 2. The molecule has 0 saturated carbocycles. The van der Waals surface area contributed by atoms with Gasteiger partial charge < -0.3 is 10.5 Å². The minimum absolute atomic E-state index is 0.0347. The highest BCUT2D eigenvalue weighted by Crippen LogP contribution is 1.93. The van der Waals surface area contributed by atoms with Crippen molar-refractivity contribution in [2.75, 3.05) is 13.3 Å². The molecule has 0 atom stereocenters. The van der Waals surface area contributed by atoms with Gasteiger partial charge in [0.05, 0.1) is 17.9 Å². The molecule has 13 heavy (non-hydrogen) atoms. The standard InChI is InChI=1S/C6H10N2O5/c7-3-5(9)1-2-6(10)13-4-8(11)12/h1-4,7H2. The van der Waals surface area contributed by atoms with Gasteiger partial charge in [-0.1, -0.05) is 0 Å². The molecule has 0 bridgehead atoms. The molecule has 7 heteroatoms. The van der Waals surface area contributed by atoms with Crippen LogP contribution in [0.5, 0.6) is 0 Å². The normalized spacial score (nSPS) is 9.31. The molecule has 0 spiro atoms. The second-order valence-electron chi connectivity index (χ2n) is 2.22. The van der Waals surface area contributed by atoms with Gasteiger partial charge in [0.2, 0.25) is 0 Å². The van der Waals surface area contributed by atoms with E-state index in [-0.39, 0.29) is 25.2 Å². The van der Waals surface area contributed by atoms with Gasteiger partial charge in [-0.25, -0.2) is 0 Å². The maximum absolute atomic E-state index is 10.6. The van der Waals surface area contributed by atoms with E-state index in [0.29, 0.717) is 0 Å². The zero-order valence-corrected chi connectivity index (χ0v) is 6.89. The molecule has 0 heterocycles. The van der Waals surface area contributed by atoms with Crippen LogP contribution in [0.4, 0.5) is 0 Å². The molecule has 0 rings (SSSR count). The van der Waals surface area contributed by atoms with E-state index in [1.807, 2.05) is 0 Å². The van der Waals surface area contributed by atoms with Crippen LogP contribution in [-0.2, 0) is 14.3 Å². The second-order valence-corrected chi connectivity index (χ2v) is 2.22. The number of Topliss-reactive ketones (excluding diaryl/α,β-unsaturated/α-hetero) is 1. The third-order valence-corrected chi connectivity index (χ3v) is 1.17. The van der Waals surface area contributed by atoms with Crippen LogP contribution in [0.1, 0.15) is 12.8 Å². The number of esters is 1. The van der Waals surface area contributed by atoms with Gasteiger partial charge in [-0.2, -0.15) is 0 Å². The van der Waals surface area contributed by atoms with E-state index in [1.54, 1.807) is 0 Å². The number of rotatable bonds is 6.